The second kappa shape index (κ2) is 5.64. The first-order valence-corrected chi connectivity index (χ1v) is 6.07. The second-order valence-corrected chi connectivity index (χ2v) is 5.65. The van der Waals surface area contributed by atoms with E-state index < -0.39 is 0 Å². The zero-order valence-electron chi connectivity index (χ0n) is 10.5. The summed E-state index contributed by atoms with van der Waals surface area (Å²) >= 11 is 0. The summed E-state index contributed by atoms with van der Waals surface area (Å²) in [4.78, 5) is 11.7. The lowest BCUT2D eigenvalue weighted by Crippen LogP contribution is -2.47. The number of amides is 1. The van der Waals surface area contributed by atoms with Crippen LogP contribution < -0.4 is 10.6 Å². The third-order valence-electron chi connectivity index (χ3n) is 3.02. The first-order valence-electron chi connectivity index (χ1n) is 6.07. The molecule has 1 saturated carbocycles. The van der Waals surface area contributed by atoms with Gasteiger partial charge >= 0.3 is 0 Å². The van der Waals surface area contributed by atoms with Crippen LogP contribution in [0.2, 0.25) is 0 Å². The zero-order chi connectivity index (χ0) is 12.2. The molecule has 0 bridgehead atoms. The van der Waals surface area contributed by atoms with E-state index in [-0.39, 0.29) is 30.0 Å². The van der Waals surface area contributed by atoms with E-state index in [0.717, 1.165) is 19.3 Å². The monoisotopic (exact) mass is 228 g/mol. The van der Waals surface area contributed by atoms with Crippen molar-refractivity contribution in [1.82, 2.24) is 10.6 Å². The van der Waals surface area contributed by atoms with Crippen molar-refractivity contribution < 1.29 is 9.90 Å². The maximum absolute atomic E-state index is 11.7. The summed E-state index contributed by atoms with van der Waals surface area (Å²) in [6, 6.07) is 0.166. The predicted molar refractivity (Wildman–Crippen MR) is 64.1 cm³/mol. The van der Waals surface area contributed by atoms with Crippen LogP contribution in [0, 0.1) is 5.92 Å². The van der Waals surface area contributed by atoms with Gasteiger partial charge < -0.3 is 15.7 Å². The number of rotatable bonds is 4. The van der Waals surface area contributed by atoms with E-state index in [9.17, 15) is 4.79 Å². The van der Waals surface area contributed by atoms with Gasteiger partial charge in [0.1, 0.15) is 0 Å². The van der Waals surface area contributed by atoms with Crippen molar-refractivity contribution in [1.29, 1.82) is 0 Å². The average Bonchev–Trinajstić information content (AvgIpc) is 2.61. The molecule has 1 amide bonds. The number of hydrogen-bond acceptors (Lipinski definition) is 3. The van der Waals surface area contributed by atoms with Gasteiger partial charge in [0, 0.05) is 24.1 Å². The van der Waals surface area contributed by atoms with Crippen molar-refractivity contribution in [2.75, 3.05) is 13.2 Å². The van der Waals surface area contributed by atoms with Gasteiger partial charge in [-0.15, -0.1) is 0 Å². The lowest BCUT2D eigenvalue weighted by Gasteiger charge is -2.23. The molecule has 0 heterocycles. The summed E-state index contributed by atoms with van der Waals surface area (Å²) in [7, 11) is 0. The Morgan fingerprint density at radius 3 is 2.62 bits per heavy atom. The minimum absolute atomic E-state index is 0.0280. The summed E-state index contributed by atoms with van der Waals surface area (Å²) in [5, 5.41) is 15.3. The van der Waals surface area contributed by atoms with Gasteiger partial charge in [-0.25, -0.2) is 0 Å². The predicted octanol–water partition coefficient (Wildman–Crippen LogP) is 0.652. The molecule has 4 nitrogen and oxygen atoms in total. The summed E-state index contributed by atoms with van der Waals surface area (Å²) in [5.41, 5.74) is -0.0383. The molecule has 0 radical (unpaired) electrons. The molecule has 1 rings (SSSR count). The highest BCUT2D eigenvalue weighted by Crippen LogP contribution is 2.24. The smallest absolute Gasteiger partial charge is 0.234 e. The van der Waals surface area contributed by atoms with E-state index in [1.165, 1.54) is 0 Å². The van der Waals surface area contributed by atoms with Crippen LogP contribution in [-0.4, -0.2) is 35.7 Å². The number of aliphatic hydroxyl groups excluding tert-OH is 1. The van der Waals surface area contributed by atoms with Crippen LogP contribution in [0.4, 0.5) is 0 Å². The number of aliphatic hydroxyl groups is 1. The van der Waals surface area contributed by atoms with Gasteiger partial charge in [0.05, 0.1) is 6.54 Å². The van der Waals surface area contributed by atoms with Gasteiger partial charge in [0.2, 0.25) is 5.91 Å². The van der Waals surface area contributed by atoms with Crippen molar-refractivity contribution in [3.8, 4) is 0 Å². The number of carbonyl (C=O) groups excluding carboxylic acids is 1. The maximum atomic E-state index is 11.7. The number of hydrogen-bond donors (Lipinski definition) is 3. The van der Waals surface area contributed by atoms with Gasteiger partial charge in [-0.05, 0) is 33.6 Å². The Balaban J connectivity index is 2.28. The minimum atomic E-state index is -0.0383. The molecule has 2 unspecified atom stereocenters. The molecule has 4 heteroatoms. The van der Waals surface area contributed by atoms with Gasteiger partial charge in [0.15, 0.2) is 0 Å². The highest BCUT2D eigenvalue weighted by molar-refractivity contribution is 5.78. The van der Waals surface area contributed by atoms with E-state index in [2.05, 4.69) is 10.6 Å². The SMILES string of the molecule is CC(C)(C)NCC(=O)NC1CCCC1CO. The molecule has 1 aliphatic rings. The van der Waals surface area contributed by atoms with E-state index in [4.69, 9.17) is 5.11 Å². The van der Waals surface area contributed by atoms with Gasteiger partial charge in [-0.3, -0.25) is 4.79 Å². The fraction of sp³-hybridized carbons (Fsp3) is 0.917. The highest BCUT2D eigenvalue weighted by Gasteiger charge is 2.27. The molecule has 2 atom stereocenters. The highest BCUT2D eigenvalue weighted by atomic mass is 16.3. The summed E-state index contributed by atoms with van der Waals surface area (Å²) in [5.74, 6) is 0.277. The molecule has 0 aromatic carbocycles. The summed E-state index contributed by atoms with van der Waals surface area (Å²) in [6.45, 7) is 6.63. The van der Waals surface area contributed by atoms with Crippen LogP contribution in [0.15, 0.2) is 0 Å². The zero-order valence-corrected chi connectivity index (χ0v) is 10.5. The molecule has 0 aliphatic heterocycles. The number of carbonyl (C=O) groups is 1. The van der Waals surface area contributed by atoms with Gasteiger partial charge in [0.25, 0.3) is 0 Å². The van der Waals surface area contributed by atoms with Gasteiger partial charge in [-0.2, -0.15) is 0 Å². The summed E-state index contributed by atoms with van der Waals surface area (Å²) < 4.78 is 0. The molecule has 0 spiro atoms. The van der Waals surface area contributed by atoms with Crippen LogP contribution in [0.3, 0.4) is 0 Å². The standard InChI is InChI=1S/C12H24N2O2/c1-12(2,3)13-7-11(16)14-10-6-4-5-9(10)8-15/h9-10,13,15H,4-8H2,1-3H3,(H,14,16). The third kappa shape index (κ3) is 4.49. The molecule has 1 aliphatic carbocycles. The Morgan fingerprint density at radius 2 is 2.06 bits per heavy atom. The Labute approximate surface area is 97.8 Å². The summed E-state index contributed by atoms with van der Waals surface area (Å²) in [6.07, 6.45) is 3.11. The molecular formula is C12H24N2O2. The number of nitrogens with one attached hydrogen (secondary N) is 2. The van der Waals surface area contributed by atoms with Crippen LogP contribution in [-0.2, 0) is 4.79 Å². The Hall–Kier alpha value is -0.610. The fourth-order valence-corrected chi connectivity index (χ4v) is 2.05. The molecule has 3 N–H and O–H groups in total. The molecule has 0 aromatic heterocycles. The van der Waals surface area contributed by atoms with Crippen molar-refractivity contribution in [3.63, 3.8) is 0 Å². The van der Waals surface area contributed by atoms with E-state index in [0.29, 0.717) is 6.54 Å². The van der Waals surface area contributed by atoms with E-state index in [1.807, 2.05) is 20.8 Å². The fourth-order valence-electron chi connectivity index (χ4n) is 2.05. The first-order chi connectivity index (χ1) is 7.42. The second-order valence-electron chi connectivity index (χ2n) is 5.65. The normalized spacial score (nSPS) is 25.8. The minimum Gasteiger partial charge on any atom is -0.396 e. The largest absolute Gasteiger partial charge is 0.396 e. The molecule has 94 valence electrons. The van der Waals surface area contributed by atoms with Crippen LogP contribution in [0.1, 0.15) is 40.0 Å². The van der Waals surface area contributed by atoms with Crippen molar-refractivity contribution in [3.05, 3.63) is 0 Å². The first kappa shape index (κ1) is 13.5. The van der Waals surface area contributed by atoms with Gasteiger partial charge in [-0.1, -0.05) is 6.42 Å². The molecule has 0 saturated heterocycles. The lowest BCUT2D eigenvalue weighted by atomic mass is 10.1. The Kier molecular flexibility index (Phi) is 4.74. The van der Waals surface area contributed by atoms with E-state index >= 15 is 0 Å². The maximum Gasteiger partial charge on any atom is 0.234 e. The lowest BCUT2D eigenvalue weighted by molar-refractivity contribution is -0.121. The average molecular weight is 228 g/mol. The quantitative estimate of drug-likeness (QED) is 0.662. The molecule has 16 heavy (non-hydrogen) atoms. The van der Waals surface area contributed by atoms with Crippen molar-refractivity contribution >= 4 is 5.91 Å². The van der Waals surface area contributed by atoms with Crippen LogP contribution in [0.5, 0.6) is 0 Å². The van der Waals surface area contributed by atoms with Crippen molar-refractivity contribution in [2.45, 2.75) is 51.6 Å². The van der Waals surface area contributed by atoms with Crippen molar-refractivity contribution in [2.24, 2.45) is 5.92 Å². The molecular weight excluding hydrogens is 204 g/mol. The third-order valence-corrected chi connectivity index (χ3v) is 3.02. The Bertz CT molecular complexity index is 236. The Morgan fingerprint density at radius 1 is 1.38 bits per heavy atom. The topological polar surface area (TPSA) is 61.4 Å². The van der Waals surface area contributed by atoms with Crippen LogP contribution in [0.25, 0.3) is 0 Å². The van der Waals surface area contributed by atoms with Crippen LogP contribution >= 0.6 is 0 Å². The van der Waals surface area contributed by atoms with E-state index in [1.54, 1.807) is 0 Å². The molecule has 0 aromatic rings. The molecule has 1 fully saturated rings.